The summed E-state index contributed by atoms with van der Waals surface area (Å²) in [7, 11) is 3.63. The summed E-state index contributed by atoms with van der Waals surface area (Å²) >= 11 is 4.72. The summed E-state index contributed by atoms with van der Waals surface area (Å²) < 4.78 is 0.916. The van der Waals surface area contributed by atoms with Crippen LogP contribution >= 0.6 is 27.3 Å². The summed E-state index contributed by atoms with van der Waals surface area (Å²) in [4.78, 5) is 28.4. The largest absolute Gasteiger partial charge is 0.341 e. The minimum absolute atomic E-state index is 0.0241. The van der Waals surface area contributed by atoms with Crippen LogP contribution in [0.1, 0.15) is 22.5 Å². The highest BCUT2D eigenvalue weighted by molar-refractivity contribution is 9.11. The lowest BCUT2D eigenvalue weighted by Crippen LogP contribution is -2.47. The number of hydrogen-bond acceptors (Lipinski definition) is 4. The number of halogens is 1. The SMILES string of the molecule is CNC1CCN(C(=O)CN(C)C(=O)c2ccc(Br)s2)CC1. The predicted molar refractivity (Wildman–Crippen MR) is 87.6 cm³/mol. The van der Waals surface area contributed by atoms with Crippen molar-refractivity contribution in [3.8, 4) is 0 Å². The molecule has 1 aliphatic rings. The molecule has 1 saturated heterocycles. The molecule has 0 spiro atoms. The van der Waals surface area contributed by atoms with Crippen molar-refractivity contribution in [3.63, 3.8) is 0 Å². The Morgan fingerprint density at radius 1 is 1.43 bits per heavy atom. The molecule has 1 aromatic rings. The summed E-state index contributed by atoms with van der Waals surface area (Å²) in [5.41, 5.74) is 0. The molecule has 0 unspecified atom stereocenters. The molecule has 0 radical (unpaired) electrons. The number of rotatable bonds is 4. The number of likely N-dealkylation sites (N-methyl/N-ethyl adjacent to an activating group) is 1. The van der Waals surface area contributed by atoms with Gasteiger partial charge in [-0.3, -0.25) is 9.59 Å². The van der Waals surface area contributed by atoms with Crippen LogP contribution in [0.5, 0.6) is 0 Å². The number of amides is 2. The van der Waals surface area contributed by atoms with Gasteiger partial charge < -0.3 is 15.1 Å². The molecule has 116 valence electrons. The van der Waals surface area contributed by atoms with E-state index in [4.69, 9.17) is 0 Å². The fourth-order valence-electron chi connectivity index (χ4n) is 2.41. The maximum absolute atomic E-state index is 12.3. The number of nitrogens with one attached hydrogen (secondary N) is 1. The maximum Gasteiger partial charge on any atom is 0.264 e. The fourth-order valence-corrected chi connectivity index (χ4v) is 3.79. The molecule has 2 amide bonds. The molecule has 1 aromatic heterocycles. The standard InChI is InChI=1S/C14H20BrN3O2S/c1-16-10-5-7-18(8-6-10)13(19)9-17(2)14(20)11-3-4-12(15)21-11/h3-4,10,16H,5-9H2,1-2H3. The Kier molecular flexibility index (Phi) is 5.78. The van der Waals surface area contributed by atoms with Crippen molar-refractivity contribution in [1.82, 2.24) is 15.1 Å². The van der Waals surface area contributed by atoms with Crippen molar-refractivity contribution in [2.45, 2.75) is 18.9 Å². The van der Waals surface area contributed by atoms with Gasteiger partial charge in [-0.1, -0.05) is 0 Å². The van der Waals surface area contributed by atoms with Crippen molar-refractivity contribution >= 4 is 39.1 Å². The molecule has 0 aromatic carbocycles. The number of thiophene rings is 1. The van der Waals surface area contributed by atoms with Crippen LogP contribution in [0.15, 0.2) is 15.9 Å². The van der Waals surface area contributed by atoms with Crippen LogP contribution in [0.25, 0.3) is 0 Å². The van der Waals surface area contributed by atoms with Gasteiger partial charge in [0.2, 0.25) is 5.91 Å². The second-order valence-corrected chi connectivity index (χ2v) is 7.67. The van der Waals surface area contributed by atoms with Crippen molar-refractivity contribution in [1.29, 1.82) is 0 Å². The first-order chi connectivity index (χ1) is 10.0. The van der Waals surface area contributed by atoms with Crippen LogP contribution in [-0.2, 0) is 4.79 Å². The first-order valence-electron chi connectivity index (χ1n) is 6.97. The molecule has 7 heteroatoms. The topological polar surface area (TPSA) is 52.7 Å². The molecule has 2 heterocycles. The van der Waals surface area contributed by atoms with E-state index in [-0.39, 0.29) is 18.4 Å². The van der Waals surface area contributed by atoms with E-state index in [9.17, 15) is 9.59 Å². The van der Waals surface area contributed by atoms with Crippen LogP contribution in [0.4, 0.5) is 0 Å². The molecule has 1 N–H and O–H groups in total. The third-order valence-corrected chi connectivity index (χ3v) is 5.37. The third-order valence-electron chi connectivity index (χ3n) is 3.76. The monoisotopic (exact) mass is 373 g/mol. The Morgan fingerprint density at radius 3 is 2.62 bits per heavy atom. The zero-order chi connectivity index (χ0) is 15.4. The van der Waals surface area contributed by atoms with Gasteiger partial charge in [0.05, 0.1) is 15.2 Å². The smallest absolute Gasteiger partial charge is 0.264 e. The second-order valence-electron chi connectivity index (χ2n) is 5.21. The summed E-state index contributed by atoms with van der Waals surface area (Å²) in [5, 5.41) is 3.24. The van der Waals surface area contributed by atoms with Gasteiger partial charge >= 0.3 is 0 Å². The van der Waals surface area contributed by atoms with E-state index in [0.717, 1.165) is 29.7 Å². The lowest BCUT2D eigenvalue weighted by atomic mass is 10.1. The number of hydrogen-bond donors (Lipinski definition) is 1. The van der Waals surface area contributed by atoms with Crippen LogP contribution in [0, 0.1) is 0 Å². The number of carbonyl (C=O) groups is 2. The Labute approximate surface area is 137 Å². The average molecular weight is 374 g/mol. The van der Waals surface area contributed by atoms with E-state index in [1.807, 2.05) is 18.0 Å². The van der Waals surface area contributed by atoms with E-state index in [1.54, 1.807) is 13.1 Å². The number of carbonyl (C=O) groups excluding carboxylic acids is 2. The van der Waals surface area contributed by atoms with Gasteiger partial charge in [0, 0.05) is 26.2 Å². The third kappa shape index (κ3) is 4.28. The second kappa shape index (κ2) is 7.38. The normalized spacial score (nSPS) is 16.0. The van der Waals surface area contributed by atoms with Gasteiger partial charge in [-0.25, -0.2) is 0 Å². The van der Waals surface area contributed by atoms with Gasteiger partial charge in [-0.2, -0.15) is 0 Å². The van der Waals surface area contributed by atoms with Crippen molar-refractivity contribution in [2.24, 2.45) is 0 Å². The van der Waals surface area contributed by atoms with Crippen LogP contribution in [0.2, 0.25) is 0 Å². The van der Waals surface area contributed by atoms with Gasteiger partial charge in [0.1, 0.15) is 0 Å². The fraction of sp³-hybridized carbons (Fsp3) is 0.571. The Balaban J connectivity index is 1.86. The molecule has 1 aliphatic heterocycles. The van der Waals surface area contributed by atoms with Crippen molar-refractivity contribution in [2.75, 3.05) is 33.7 Å². The van der Waals surface area contributed by atoms with Crippen molar-refractivity contribution < 1.29 is 9.59 Å². The quantitative estimate of drug-likeness (QED) is 0.875. The zero-order valence-corrected chi connectivity index (χ0v) is 14.7. The highest BCUT2D eigenvalue weighted by Gasteiger charge is 2.24. The minimum Gasteiger partial charge on any atom is -0.341 e. The predicted octanol–water partition coefficient (Wildman–Crippen LogP) is 1.79. The van der Waals surface area contributed by atoms with E-state index in [2.05, 4.69) is 21.2 Å². The summed E-state index contributed by atoms with van der Waals surface area (Å²) in [6.07, 6.45) is 1.94. The Bertz CT molecular complexity index is 512. The van der Waals surface area contributed by atoms with Gasteiger partial charge in [-0.05, 0) is 48.0 Å². The molecule has 0 bridgehead atoms. The first kappa shape index (κ1) is 16.5. The number of likely N-dealkylation sites (tertiary alicyclic amines) is 1. The maximum atomic E-state index is 12.3. The lowest BCUT2D eigenvalue weighted by molar-refractivity contribution is -0.132. The number of piperidine rings is 1. The highest BCUT2D eigenvalue weighted by Crippen LogP contribution is 2.23. The molecule has 0 aliphatic carbocycles. The van der Waals surface area contributed by atoms with E-state index < -0.39 is 0 Å². The molecule has 21 heavy (non-hydrogen) atoms. The minimum atomic E-state index is -0.107. The summed E-state index contributed by atoms with van der Waals surface area (Å²) in [6.45, 7) is 1.66. The van der Waals surface area contributed by atoms with Crippen molar-refractivity contribution in [3.05, 3.63) is 20.8 Å². The van der Waals surface area contributed by atoms with E-state index in [1.165, 1.54) is 16.2 Å². The zero-order valence-electron chi connectivity index (χ0n) is 12.3. The average Bonchev–Trinajstić information content (AvgIpc) is 2.93. The number of nitrogens with zero attached hydrogens (tertiary/aromatic N) is 2. The first-order valence-corrected chi connectivity index (χ1v) is 8.58. The molecule has 5 nitrogen and oxygen atoms in total. The molecular formula is C14H20BrN3O2S. The van der Waals surface area contributed by atoms with Crippen LogP contribution in [0.3, 0.4) is 0 Å². The molecular weight excluding hydrogens is 354 g/mol. The summed E-state index contributed by atoms with van der Waals surface area (Å²) in [6, 6.07) is 4.11. The highest BCUT2D eigenvalue weighted by atomic mass is 79.9. The molecule has 1 fully saturated rings. The van der Waals surface area contributed by atoms with Gasteiger partial charge in [-0.15, -0.1) is 11.3 Å². The lowest BCUT2D eigenvalue weighted by Gasteiger charge is -2.32. The van der Waals surface area contributed by atoms with Gasteiger partial charge in [0.25, 0.3) is 5.91 Å². The molecule has 0 saturated carbocycles. The van der Waals surface area contributed by atoms with Crippen LogP contribution in [-0.4, -0.2) is 61.4 Å². The Morgan fingerprint density at radius 2 is 2.10 bits per heavy atom. The van der Waals surface area contributed by atoms with E-state index in [0.29, 0.717) is 10.9 Å². The van der Waals surface area contributed by atoms with Gasteiger partial charge in [0.15, 0.2) is 0 Å². The van der Waals surface area contributed by atoms with Crippen LogP contribution < -0.4 is 5.32 Å². The Hall–Kier alpha value is -0.920. The molecule has 0 atom stereocenters. The van der Waals surface area contributed by atoms with E-state index >= 15 is 0 Å². The summed E-state index contributed by atoms with van der Waals surface area (Å²) in [5.74, 6) is -0.0832. The molecule has 2 rings (SSSR count).